The molecule has 1 aromatic carbocycles. The summed E-state index contributed by atoms with van der Waals surface area (Å²) in [7, 11) is 2.11. The normalized spacial score (nSPS) is 14.6. The predicted octanol–water partition coefficient (Wildman–Crippen LogP) is 2.78. The van der Waals surface area contributed by atoms with Gasteiger partial charge in [0.2, 0.25) is 0 Å². The second-order valence-electron chi connectivity index (χ2n) is 7.82. The van der Waals surface area contributed by atoms with Crippen molar-refractivity contribution in [3.8, 4) is 5.82 Å². The van der Waals surface area contributed by atoms with E-state index < -0.39 is 0 Å². The molecule has 5 rings (SSSR count). The summed E-state index contributed by atoms with van der Waals surface area (Å²) in [6, 6.07) is 8.33. The van der Waals surface area contributed by atoms with E-state index in [1.807, 2.05) is 26.8 Å². The molecule has 4 heterocycles. The Balaban J connectivity index is 1.42. The number of fused-ring (bicyclic) bond motifs is 1. The largest absolute Gasteiger partial charge is 0.355 e. The number of rotatable bonds is 3. The van der Waals surface area contributed by atoms with Crippen LogP contribution < -0.4 is 4.90 Å². The first-order valence-electron chi connectivity index (χ1n) is 9.84. The summed E-state index contributed by atoms with van der Waals surface area (Å²) in [5, 5.41) is 4.46. The van der Waals surface area contributed by atoms with Crippen molar-refractivity contribution in [2.45, 2.75) is 33.6 Å². The minimum Gasteiger partial charge on any atom is -0.355 e. The molecule has 0 saturated carbocycles. The van der Waals surface area contributed by atoms with Crippen molar-refractivity contribution in [3.63, 3.8) is 0 Å². The lowest BCUT2D eigenvalue weighted by Crippen LogP contribution is -2.46. The Morgan fingerprint density at radius 2 is 1.66 bits per heavy atom. The number of hydrogen-bond donors (Lipinski definition) is 0. The molecular formula is C21H24N8. The molecule has 8 nitrogen and oxygen atoms in total. The molecule has 0 amide bonds. The maximum Gasteiger partial charge on any atom is 0.161 e. The van der Waals surface area contributed by atoms with Gasteiger partial charge in [-0.2, -0.15) is 4.68 Å². The fourth-order valence-electron chi connectivity index (χ4n) is 4.11. The number of para-hydroxylation sites is 1. The smallest absolute Gasteiger partial charge is 0.161 e. The number of imidazole rings is 1. The van der Waals surface area contributed by atoms with Gasteiger partial charge in [-0.15, -0.1) is 5.10 Å². The van der Waals surface area contributed by atoms with E-state index >= 15 is 0 Å². The monoisotopic (exact) mass is 388 g/mol. The van der Waals surface area contributed by atoms with Crippen LogP contribution in [0.15, 0.2) is 24.3 Å². The summed E-state index contributed by atoms with van der Waals surface area (Å²) >= 11 is 0. The minimum absolute atomic E-state index is 0.390. The summed E-state index contributed by atoms with van der Waals surface area (Å²) < 4.78 is 4.00. The Bertz CT molecular complexity index is 1230. The predicted molar refractivity (Wildman–Crippen MR) is 112 cm³/mol. The van der Waals surface area contributed by atoms with Gasteiger partial charge < -0.3 is 9.47 Å². The van der Waals surface area contributed by atoms with Gasteiger partial charge in [-0.1, -0.05) is 12.1 Å². The fourth-order valence-corrected chi connectivity index (χ4v) is 4.11. The van der Waals surface area contributed by atoms with Crippen LogP contribution in [-0.4, -0.2) is 47.4 Å². The molecule has 0 aliphatic carbocycles. The number of aromatic nitrogens is 7. The number of benzene rings is 1. The fraction of sp³-hybridized carbons (Fsp3) is 0.381. The molecule has 4 aromatic rings. The van der Waals surface area contributed by atoms with Gasteiger partial charge in [0.1, 0.15) is 29.1 Å². The summed E-state index contributed by atoms with van der Waals surface area (Å²) in [6.45, 7) is 9.63. The van der Waals surface area contributed by atoms with Gasteiger partial charge in [0.05, 0.1) is 17.0 Å². The van der Waals surface area contributed by atoms with Crippen LogP contribution in [0.5, 0.6) is 0 Å². The molecule has 8 heteroatoms. The molecule has 148 valence electrons. The van der Waals surface area contributed by atoms with Crippen LogP contribution in [0.2, 0.25) is 0 Å². The van der Waals surface area contributed by atoms with Crippen LogP contribution in [0.25, 0.3) is 16.9 Å². The average Bonchev–Trinajstić information content (AvgIpc) is 3.14. The van der Waals surface area contributed by atoms with Crippen molar-refractivity contribution in [3.05, 3.63) is 53.1 Å². The molecule has 1 aliphatic heterocycles. The van der Waals surface area contributed by atoms with Crippen LogP contribution >= 0.6 is 0 Å². The summed E-state index contributed by atoms with van der Waals surface area (Å²) in [4.78, 5) is 20.8. The SMILES string of the molecule is Cc1nc(N2CC(c3nc4c(C)cccc4n3C)C2)cc(-n2nc(C)nc2C)n1. The number of hydrogen-bond acceptors (Lipinski definition) is 6. The molecule has 0 unspecified atom stereocenters. The lowest BCUT2D eigenvalue weighted by atomic mass is 9.99. The number of nitrogens with zero attached hydrogens (tertiary/aromatic N) is 8. The lowest BCUT2D eigenvalue weighted by Gasteiger charge is -2.39. The first-order valence-corrected chi connectivity index (χ1v) is 9.84. The molecule has 1 saturated heterocycles. The summed E-state index contributed by atoms with van der Waals surface area (Å²) in [5.74, 6) is 5.50. The molecule has 0 atom stereocenters. The Morgan fingerprint density at radius 3 is 2.34 bits per heavy atom. The van der Waals surface area contributed by atoms with Crippen molar-refractivity contribution in [1.29, 1.82) is 0 Å². The van der Waals surface area contributed by atoms with Gasteiger partial charge in [0.25, 0.3) is 0 Å². The van der Waals surface area contributed by atoms with Crippen molar-refractivity contribution in [2.24, 2.45) is 7.05 Å². The van der Waals surface area contributed by atoms with E-state index in [0.717, 1.165) is 53.5 Å². The highest BCUT2D eigenvalue weighted by molar-refractivity contribution is 5.79. The topological polar surface area (TPSA) is 77.5 Å². The van der Waals surface area contributed by atoms with Crippen LogP contribution in [-0.2, 0) is 7.05 Å². The minimum atomic E-state index is 0.390. The molecule has 29 heavy (non-hydrogen) atoms. The van der Waals surface area contributed by atoms with E-state index in [1.165, 1.54) is 11.1 Å². The van der Waals surface area contributed by atoms with Crippen molar-refractivity contribution in [2.75, 3.05) is 18.0 Å². The molecule has 0 spiro atoms. The van der Waals surface area contributed by atoms with Crippen molar-refractivity contribution < 1.29 is 0 Å². The Labute approximate surface area is 169 Å². The van der Waals surface area contributed by atoms with Gasteiger partial charge in [-0.25, -0.2) is 19.9 Å². The third-order valence-corrected chi connectivity index (χ3v) is 5.62. The molecule has 0 radical (unpaired) electrons. The van der Waals surface area contributed by atoms with Crippen LogP contribution in [0.1, 0.15) is 34.8 Å². The molecule has 0 bridgehead atoms. The van der Waals surface area contributed by atoms with E-state index in [1.54, 1.807) is 4.68 Å². The number of anilines is 1. The maximum atomic E-state index is 4.94. The molecule has 0 N–H and O–H groups in total. The van der Waals surface area contributed by atoms with Crippen LogP contribution in [0, 0.1) is 27.7 Å². The van der Waals surface area contributed by atoms with Gasteiger partial charge in [-0.05, 0) is 39.3 Å². The molecule has 3 aromatic heterocycles. The first kappa shape index (κ1) is 17.8. The quantitative estimate of drug-likeness (QED) is 0.537. The van der Waals surface area contributed by atoms with Crippen molar-refractivity contribution in [1.82, 2.24) is 34.3 Å². The third-order valence-electron chi connectivity index (χ3n) is 5.62. The summed E-state index contributed by atoms with van der Waals surface area (Å²) in [5.41, 5.74) is 3.51. The van der Waals surface area contributed by atoms with E-state index in [9.17, 15) is 0 Å². The second-order valence-corrected chi connectivity index (χ2v) is 7.82. The van der Waals surface area contributed by atoms with Crippen LogP contribution in [0.3, 0.4) is 0 Å². The second kappa shape index (κ2) is 6.37. The van der Waals surface area contributed by atoms with E-state index in [0.29, 0.717) is 5.92 Å². The highest BCUT2D eigenvalue weighted by atomic mass is 15.4. The zero-order chi connectivity index (χ0) is 20.3. The zero-order valence-electron chi connectivity index (χ0n) is 17.4. The summed E-state index contributed by atoms with van der Waals surface area (Å²) in [6.07, 6.45) is 0. The first-order chi connectivity index (χ1) is 13.9. The van der Waals surface area contributed by atoms with Crippen molar-refractivity contribution >= 4 is 16.9 Å². The maximum absolute atomic E-state index is 4.94. The Hall–Kier alpha value is -3.29. The highest BCUT2D eigenvalue weighted by Crippen LogP contribution is 2.32. The zero-order valence-corrected chi connectivity index (χ0v) is 17.4. The van der Waals surface area contributed by atoms with E-state index in [4.69, 9.17) is 4.98 Å². The van der Waals surface area contributed by atoms with E-state index in [2.05, 4.69) is 61.7 Å². The molecule has 1 aliphatic rings. The standard InChI is InChI=1S/C21H24N8/c1-12-7-6-8-17-20(12)25-21(27(17)5)16-10-28(11-16)18-9-19(24-13(2)23-18)29-15(4)22-14(3)26-29/h6-9,16H,10-11H2,1-5H3. The Kier molecular flexibility index (Phi) is 3.90. The number of aryl methyl sites for hydroxylation is 5. The lowest BCUT2D eigenvalue weighted by molar-refractivity contribution is 0.485. The third kappa shape index (κ3) is 2.86. The van der Waals surface area contributed by atoms with Gasteiger partial charge in [0, 0.05) is 26.2 Å². The highest BCUT2D eigenvalue weighted by Gasteiger charge is 2.33. The van der Waals surface area contributed by atoms with Gasteiger partial charge in [-0.3, -0.25) is 0 Å². The van der Waals surface area contributed by atoms with Gasteiger partial charge >= 0.3 is 0 Å². The van der Waals surface area contributed by atoms with E-state index in [-0.39, 0.29) is 0 Å². The molecule has 1 fully saturated rings. The Morgan fingerprint density at radius 1 is 0.897 bits per heavy atom. The van der Waals surface area contributed by atoms with Crippen LogP contribution in [0.4, 0.5) is 5.82 Å². The van der Waals surface area contributed by atoms with Gasteiger partial charge in [0.15, 0.2) is 5.82 Å². The average molecular weight is 388 g/mol. The molecular weight excluding hydrogens is 364 g/mol.